The van der Waals surface area contributed by atoms with E-state index in [1.807, 2.05) is 83.1 Å². The average Bonchev–Trinajstić information content (AvgIpc) is 4.11. The maximum atomic E-state index is 14.3. The van der Waals surface area contributed by atoms with Gasteiger partial charge in [-0.2, -0.15) is 0 Å². The van der Waals surface area contributed by atoms with E-state index >= 15 is 0 Å². The Hall–Kier alpha value is -6.57. The number of hydrogen-bond acceptors (Lipinski definition) is 12. The zero-order valence-electron chi connectivity index (χ0n) is 45.2. The first kappa shape index (κ1) is 58.1. The largest absolute Gasteiger partial charge is 0.490 e. The number of alkyl carbamates (subject to hydrolysis) is 1. The number of β-amino-alcohol motifs (C(OH)–C–C–N with tert-alkyl or cyclic N) is 1. The molecule has 1 fully saturated rings. The minimum atomic E-state index is -0.977. The van der Waals surface area contributed by atoms with E-state index in [0.29, 0.717) is 48.6 Å². The second kappa shape index (κ2) is 24.8. The van der Waals surface area contributed by atoms with E-state index in [0.717, 1.165) is 38.4 Å². The number of anilines is 1. The van der Waals surface area contributed by atoms with Crippen molar-refractivity contribution in [1.29, 1.82) is 0 Å². The summed E-state index contributed by atoms with van der Waals surface area (Å²) in [6, 6.07) is 14.0. The summed E-state index contributed by atoms with van der Waals surface area (Å²) in [4.78, 5) is 103. The molecule has 7 rings (SSSR count). The molecular formula is C57H73ClN8O10S. The van der Waals surface area contributed by atoms with Crippen molar-refractivity contribution in [3.05, 3.63) is 99.1 Å². The third kappa shape index (κ3) is 14.7. The van der Waals surface area contributed by atoms with Gasteiger partial charge in [0.05, 0.1) is 45.0 Å². The lowest BCUT2D eigenvalue weighted by Gasteiger charge is -2.35. The SMILES string of the molecule is Cc1ncsc1-c1ccc([C@H](C)NC(=O)[C@@H]2C[C@@H](O)CN2C(=O)C(NC(=O)CCCCc2cccc(OC[C@H](CCC(N)=O)NC(=O)[C@@H]3Cc4cccc5c4N3C(=O)[C@@H](NC(=O)OC(C)(C)C)CC5)c2Cl)C(C)(C)C)cc1. The van der Waals surface area contributed by atoms with Gasteiger partial charge in [-0.25, -0.2) is 9.78 Å². The second-order valence-corrected chi connectivity index (χ2v) is 23.7. The van der Waals surface area contributed by atoms with Gasteiger partial charge in [0.15, 0.2) is 0 Å². The number of thiazole rings is 1. The van der Waals surface area contributed by atoms with Crippen LogP contribution in [0.5, 0.6) is 5.75 Å². The van der Waals surface area contributed by atoms with E-state index in [4.69, 9.17) is 26.8 Å². The smallest absolute Gasteiger partial charge is 0.408 e. The number of rotatable bonds is 20. The number of carbonyl (C=O) groups is 7. The average molecular weight is 1100 g/mol. The molecule has 18 nitrogen and oxygen atoms in total. The van der Waals surface area contributed by atoms with Crippen LogP contribution in [0, 0.1) is 12.3 Å². The number of aliphatic hydroxyl groups excluding tert-OH is 1. The predicted octanol–water partition coefficient (Wildman–Crippen LogP) is 6.78. The Morgan fingerprint density at radius 3 is 2.29 bits per heavy atom. The molecule has 1 aromatic heterocycles. The fraction of sp³-hybridized carbons (Fsp3) is 0.509. The van der Waals surface area contributed by atoms with E-state index < -0.39 is 83.0 Å². The number of halogens is 1. The normalized spacial score (nSPS) is 19.3. The summed E-state index contributed by atoms with van der Waals surface area (Å²) < 4.78 is 11.7. The molecule has 7 N–H and O–H groups in total. The van der Waals surface area contributed by atoms with Crippen molar-refractivity contribution in [3.8, 4) is 16.2 Å². The maximum Gasteiger partial charge on any atom is 0.408 e. The molecule has 0 bridgehead atoms. The Bertz CT molecular complexity index is 2830. The van der Waals surface area contributed by atoms with Crippen LogP contribution in [0.25, 0.3) is 10.4 Å². The number of aryl methyl sites for hydroxylation is 3. The molecule has 4 heterocycles. The molecule has 0 aliphatic carbocycles. The summed E-state index contributed by atoms with van der Waals surface area (Å²) in [5.41, 5.74) is 11.8. The van der Waals surface area contributed by atoms with Gasteiger partial charge >= 0.3 is 6.09 Å². The Morgan fingerprint density at radius 1 is 0.909 bits per heavy atom. The molecule has 7 amide bonds. The molecule has 20 heteroatoms. The van der Waals surface area contributed by atoms with Crippen molar-refractivity contribution < 1.29 is 48.1 Å². The first-order valence-corrected chi connectivity index (χ1v) is 27.6. The van der Waals surface area contributed by atoms with Crippen LogP contribution < -0.4 is 36.6 Å². The Kier molecular flexibility index (Phi) is 18.7. The Morgan fingerprint density at radius 2 is 1.61 bits per heavy atom. The molecule has 1 saturated heterocycles. The molecule has 3 aromatic carbocycles. The molecule has 77 heavy (non-hydrogen) atoms. The Labute approximate surface area is 459 Å². The summed E-state index contributed by atoms with van der Waals surface area (Å²) in [5.74, 6) is -2.30. The van der Waals surface area contributed by atoms with Gasteiger partial charge in [0.2, 0.25) is 35.4 Å². The summed E-state index contributed by atoms with van der Waals surface area (Å²) in [6.07, 6.45) is 1.17. The topological polar surface area (TPSA) is 252 Å². The lowest BCUT2D eigenvalue weighted by molar-refractivity contribution is -0.144. The first-order chi connectivity index (χ1) is 36.4. The lowest BCUT2D eigenvalue weighted by atomic mass is 9.85. The van der Waals surface area contributed by atoms with E-state index in [9.17, 15) is 38.7 Å². The summed E-state index contributed by atoms with van der Waals surface area (Å²) in [7, 11) is 0. The molecular weight excluding hydrogens is 1020 g/mol. The molecule has 0 radical (unpaired) electrons. The molecule has 4 aromatic rings. The predicted molar refractivity (Wildman–Crippen MR) is 294 cm³/mol. The van der Waals surface area contributed by atoms with Crippen LogP contribution in [0.1, 0.15) is 127 Å². The number of primary amides is 1. The summed E-state index contributed by atoms with van der Waals surface area (Å²) in [6.45, 7) is 14.4. The van der Waals surface area contributed by atoms with Gasteiger partial charge < -0.3 is 46.5 Å². The first-order valence-electron chi connectivity index (χ1n) is 26.4. The van der Waals surface area contributed by atoms with Crippen LogP contribution in [-0.2, 0) is 52.8 Å². The highest BCUT2D eigenvalue weighted by Crippen LogP contribution is 2.40. The van der Waals surface area contributed by atoms with Gasteiger partial charge in [-0.1, -0.05) is 87.0 Å². The quantitative estimate of drug-likeness (QED) is 0.0503. The number of benzene rings is 3. The molecule has 414 valence electrons. The third-order valence-corrected chi connectivity index (χ3v) is 15.5. The molecule has 1 unspecified atom stereocenters. The number of unbranched alkanes of at least 4 members (excludes halogenated alkanes) is 1. The van der Waals surface area contributed by atoms with Crippen molar-refractivity contribution in [2.24, 2.45) is 11.1 Å². The van der Waals surface area contributed by atoms with Gasteiger partial charge in [-0.15, -0.1) is 11.3 Å². The number of nitrogens with one attached hydrogen (secondary N) is 4. The van der Waals surface area contributed by atoms with Gasteiger partial charge in [0, 0.05) is 32.2 Å². The van der Waals surface area contributed by atoms with Crippen molar-refractivity contribution in [2.75, 3.05) is 18.1 Å². The number of amides is 7. The number of nitrogens with two attached hydrogens (primary N) is 1. The monoisotopic (exact) mass is 1100 g/mol. The molecule has 0 spiro atoms. The highest BCUT2D eigenvalue weighted by molar-refractivity contribution is 7.13. The number of hydrogen-bond donors (Lipinski definition) is 6. The molecule has 3 aliphatic rings. The summed E-state index contributed by atoms with van der Waals surface area (Å²) in [5, 5.41) is 22.8. The number of ether oxygens (including phenoxy) is 2. The van der Waals surface area contributed by atoms with E-state index in [-0.39, 0.29) is 57.2 Å². The van der Waals surface area contributed by atoms with Crippen LogP contribution in [0.3, 0.4) is 0 Å². The van der Waals surface area contributed by atoms with Gasteiger partial charge in [-0.05, 0) is 112 Å². The number of aliphatic hydroxyl groups is 1. The van der Waals surface area contributed by atoms with Crippen LogP contribution in [0.4, 0.5) is 10.5 Å². The number of carbonyl (C=O) groups excluding carboxylic acids is 7. The highest BCUT2D eigenvalue weighted by atomic mass is 35.5. The van der Waals surface area contributed by atoms with Crippen LogP contribution in [0.15, 0.2) is 66.2 Å². The van der Waals surface area contributed by atoms with Gasteiger partial charge in [0.1, 0.15) is 42.1 Å². The number of aromatic nitrogens is 1. The van der Waals surface area contributed by atoms with Crippen molar-refractivity contribution in [3.63, 3.8) is 0 Å². The summed E-state index contributed by atoms with van der Waals surface area (Å²) >= 11 is 8.47. The maximum absolute atomic E-state index is 14.3. The van der Waals surface area contributed by atoms with Gasteiger partial charge in [-0.3, -0.25) is 33.7 Å². The van der Waals surface area contributed by atoms with E-state index in [2.05, 4.69) is 26.3 Å². The van der Waals surface area contributed by atoms with Crippen molar-refractivity contribution in [1.82, 2.24) is 31.2 Å². The van der Waals surface area contributed by atoms with Gasteiger partial charge in [0.25, 0.3) is 0 Å². The minimum absolute atomic E-state index is 0.0431. The molecule has 7 atom stereocenters. The van der Waals surface area contributed by atoms with Crippen molar-refractivity contribution in [2.45, 2.75) is 168 Å². The third-order valence-electron chi connectivity index (χ3n) is 14.1. The number of para-hydroxylation sites is 1. The standard InChI is InChI=1S/C57H73ClN8O10S/c1-32(34-19-21-37(22-20-34)49-33(2)60-31-77-49)61-51(70)42-28-40(67)29-65(42)54(73)50(56(3,4)5)64-46(69)18-10-9-13-35-14-12-17-44(47(35)58)75-30-39(24-26-45(59)68)62-52(71)43-27-38-16-11-15-36-23-25-41(53(72)66(43)48(36)38)63-55(74)76-57(6,7)8/h11-12,14-17,19-22,31-32,39-43,50,67H,9-10,13,18,23-30H2,1-8H3,(H2,59,68)(H,61,70)(H,62,71)(H,63,74)(H,64,69)/t32-,39-,40+,41-,42-,43-,50?/m0/s1. The molecule has 0 saturated carbocycles. The number of nitrogens with zero attached hydrogens (tertiary/aromatic N) is 3. The van der Waals surface area contributed by atoms with Crippen LogP contribution in [-0.4, -0.2) is 112 Å². The Balaban J connectivity index is 0.922. The minimum Gasteiger partial charge on any atom is -0.490 e. The van der Waals surface area contributed by atoms with Crippen LogP contribution >= 0.6 is 22.9 Å². The van der Waals surface area contributed by atoms with Crippen LogP contribution in [0.2, 0.25) is 5.02 Å². The highest BCUT2D eigenvalue weighted by Gasteiger charge is 2.46. The zero-order chi connectivity index (χ0) is 55.9. The lowest BCUT2D eigenvalue weighted by Crippen LogP contribution is -2.57. The molecule has 3 aliphatic heterocycles. The van der Waals surface area contributed by atoms with E-state index in [1.54, 1.807) is 49.8 Å². The second-order valence-electron chi connectivity index (χ2n) is 22.4. The van der Waals surface area contributed by atoms with Crippen molar-refractivity contribution >= 4 is 70.2 Å². The number of likely N-dealkylation sites (tertiary alicyclic amines) is 1. The zero-order valence-corrected chi connectivity index (χ0v) is 46.8. The van der Waals surface area contributed by atoms with E-state index in [1.165, 1.54) is 9.80 Å². The fourth-order valence-corrected chi connectivity index (χ4v) is 11.2. The fourth-order valence-electron chi connectivity index (χ4n) is 10.1.